The summed E-state index contributed by atoms with van der Waals surface area (Å²) in [6, 6.07) is 4.98. The molecule has 3 N–H and O–H groups in total. The van der Waals surface area contributed by atoms with Crippen LogP contribution in [0.1, 0.15) is 0 Å². The predicted molar refractivity (Wildman–Crippen MR) is 39.1 cm³/mol. The molecule has 5 heteroatoms. The van der Waals surface area contributed by atoms with Crippen LogP contribution in [0.25, 0.3) is 11.0 Å². The molecule has 0 radical (unpaired) electrons. The SMILES string of the molecule is Nc1ccc2c(c1)nnn2O. The number of nitrogens with two attached hydrogens (primary N) is 1. The van der Waals surface area contributed by atoms with E-state index in [9.17, 15) is 0 Å². The molecule has 0 aliphatic heterocycles. The van der Waals surface area contributed by atoms with Gasteiger partial charge < -0.3 is 10.9 Å². The molecule has 1 aromatic heterocycles. The van der Waals surface area contributed by atoms with Crippen LogP contribution in [0.15, 0.2) is 18.2 Å². The summed E-state index contributed by atoms with van der Waals surface area (Å²) in [6.07, 6.45) is 0. The van der Waals surface area contributed by atoms with Crippen LogP contribution >= 0.6 is 0 Å². The molecule has 5 nitrogen and oxygen atoms in total. The summed E-state index contributed by atoms with van der Waals surface area (Å²) < 4.78 is 0. The molecule has 0 spiro atoms. The van der Waals surface area contributed by atoms with Crippen molar-refractivity contribution in [1.29, 1.82) is 0 Å². The van der Waals surface area contributed by atoms with Gasteiger partial charge >= 0.3 is 0 Å². The third-order valence-corrected chi connectivity index (χ3v) is 1.45. The van der Waals surface area contributed by atoms with Gasteiger partial charge in [0.25, 0.3) is 0 Å². The Balaban J connectivity index is 2.86. The lowest BCUT2D eigenvalue weighted by Crippen LogP contribution is -1.91. The summed E-state index contributed by atoms with van der Waals surface area (Å²) in [7, 11) is 0. The number of hydrogen-bond donors (Lipinski definition) is 2. The number of aromatic nitrogens is 3. The first-order chi connectivity index (χ1) is 5.27. The van der Waals surface area contributed by atoms with Gasteiger partial charge in [0.1, 0.15) is 11.0 Å². The van der Waals surface area contributed by atoms with Crippen LogP contribution in [0.5, 0.6) is 0 Å². The summed E-state index contributed by atoms with van der Waals surface area (Å²) in [5, 5.41) is 16.1. The van der Waals surface area contributed by atoms with Crippen molar-refractivity contribution in [2.45, 2.75) is 0 Å². The van der Waals surface area contributed by atoms with Gasteiger partial charge in [0.2, 0.25) is 0 Å². The van der Waals surface area contributed by atoms with E-state index in [1.807, 2.05) is 0 Å². The molecule has 1 heterocycles. The van der Waals surface area contributed by atoms with Gasteiger partial charge in [-0.2, -0.15) is 0 Å². The molecule has 0 aliphatic carbocycles. The zero-order chi connectivity index (χ0) is 7.84. The second-order valence-corrected chi connectivity index (χ2v) is 2.23. The Morgan fingerprint density at radius 3 is 3.09 bits per heavy atom. The van der Waals surface area contributed by atoms with Crippen LogP contribution in [0.4, 0.5) is 5.69 Å². The Hall–Kier alpha value is -1.78. The second-order valence-electron chi connectivity index (χ2n) is 2.23. The summed E-state index contributed by atoms with van der Waals surface area (Å²) >= 11 is 0. The molecule has 0 atom stereocenters. The highest BCUT2D eigenvalue weighted by Crippen LogP contribution is 2.12. The number of anilines is 1. The van der Waals surface area contributed by atoms with Crippen molar-refractivity contribution in [3.8, 4) is 0 Å². The highest BCUT2D eigenvalue weighted by atomic mass is 16.5. The fourth-order valence-electron chi connectivity index (χ4n) is 0.928. The first-order valence-corrected chi connectivity index (χ1v) is 3.07. The molecule has 0 fully saturated rings. The van der Waals surface area contributed by atoms with E-state index in [1.165, 1.54) is 0 Å². The van der Waals surface area contributed by atoms with Crippen molar-refractivity contribution in [1.82, 2.24) is 15.2 Å². The lowest BCUT2D eigenvalue weighted by Gasteiger charge is -1.90. The fourth-order valence-corrected chi connectivity index (χ4v) is 0.928. The highest BCUT2D eigenvalue weighted by molar-refractivity contribution is 5.77. The second kappa shape index (κ2) is 1.85. The quantitative estimate of drug-likeness (QED) is 0.417. The van der Waals surface area contributed by atoms with Crippen molar-refractivity contribution in [2.24, 2.45) is 0 Å². The smallest absolute Gasteiger partial charge is 0.130 e. The Kier molecular flexibility index (Phi) is 1.00. The Morgan fingerprint density at radius 2 is 2.27 bits per heavy atom. The molecule has 0 aliphatic rings. The van der Waals surface area contributed by atoms with Crippen molar-refractivity contribution in [3.63, 3.8) is 0 Å². The van der Waals surface area contributed by atoms with Crippen molar-refractivity contribution < 1.29 is 5.21 Å². The van der Waals surface area contributed by atoms with Gasteiger partial charge in [-0.3, -0.25) is 0 Å². The molecule has 2 aromatic rings. The average molecular weight is 150 g/mol. The van der Waals surface area contributed by atoms with Crippen LogP contribution < -0.4 is 5.73 Å². The van der Waals surface area contributed by atoms with E-state index in [1.54, 1.807) is 18.2 Å². The zero-order valence-electron chi connectivity index (χ0n) is 5.60. The maximum atomic E-state index is 9.00. The fraction of sp³-hybridized carbons (Fsp3) is 0. The number of nitrogen functional groups attached to an aromatic ring is 1. The highest BCUT2D eigenvalue weighted by Gasteiger charge is 2.01. The lowest BCUT2D eigenvalue weighted by atomic mass is 10.3. The van der Waals surface area contributed by atoms with Crippen LogP contribution in [-0.4, -0.2) is 20.4 Å². The van der Waals surface area contributed by atoms with Crippen LogP contribution in [0, 0.1) is 0 Å². The molecule has 1 aromatic carbocycles. The Labute approximate surface area is 62.0 Å². The van der Waals surface area contributed by atoms with Crippen LogP contribution in [-0.2, 0) is 0 Å². The van der Waals surface area contributed by atoms with E-state index in [4.69, 9.17) is 10.9 Å². The predicted octanol–water partition coefficient (Wildman–Crippen LogP) is 0.251. The van der Waals surface area contributed by atoms with Gasteiger partial charge in [0, 0.05) is 5.69 Å². The molecule has 0 amide bonds. The van der Waals surface area contributed by atoms with E-state index >= 15 is 0 Å². The molecule has 0 bridgehead atoms. The minimum atomic E-state index is 0.555. The first kappa shape index (κ1) is 5.96. The lowest BCUT2D eigenvalue weighted by molar-refractivity contribution is 0.155. The number of rotatable bonds is 0. The van der Waals surface area contributed by atoms with Gasteiger partial charge in [0.15, 0.2) is 0 Å². The third kappa shape index (κ3) is 0.778. The molecule has 0 saturated heterocycles. The van der Waals surface area contributed by atoms with Crippen molar-refractivity contribution in [3.05, 3.63) is 18.2 Å². The van der Waals surface area contributed by atoms with E-state index in [-0.39, 0.29) is 0 Å². The summed E-state index contributed by atoms with van der Waals surface area (Å²) in [4.78, 5) is 0.717. The molecular formula is C6H6N4O. The maximum absolute atomic E-state index is 9.00. The average Bonchev–Trinajstić information content (AvgIpc) is 2.32. The standard InChI is InChI=1S/C6H6N4O/c7-4-1-2-6-5(3-4)8-9-10(6)11/h1-3,11H,7H2. The molecule has 11 heavy (non-hydrogen) atoms. The number of hydrogen-bond acceptors (Lipinski definition) is 4. The summed E-state index contributed by atoms with van der Waals surface area (Å²) in [5.74, 6) is 0. The van der Waals surface area contributed by atoms with E-state index in [0.29, 0.717) is 16.7 Å². The number of benzene rings is 1. The van der Waals surface area contributed by atoms with Gasteiger partial charge in [0.05, 0.1) is 0 Å². The van der Waals surface area contributed by atoms with E-state index < -0.39 is 0 Å². The summed E-state index contributed by atoms with van der Waals surface area (Å²) in [6.45, 7) is 0. The monoisotopic (exact) mass is 150 g/mol. The maximum Gasteiger partial charge on any atom is 0.130 e. The van der Waals surface area contributed by atoms with Gasteiger partial charge in [-0.05, 0) is 23.4 Å². The first-order valence-electron chi connectivity index (χ1n) is 3.07. The molecule has 0 saturated carbocycles. The van der Waals surface area contributed by atoms with Crippen molar-refractivity contribution in [2.75, 3.05) is 5.73 Å². The van der Waals surface area contributed by atoms with Gasteiger partial charge in [-0.15, -0.1) is 5.10 Å². The van der Waals surface area contributed by atoms with E-state index in [0.717, 1.165) is 4.85 Å². The molecule has 0 unspecified atom stereocenters. The number of fused-ring (bicyclic) bond motifs is 1. The normalized spacial score (nSPS) is 10.5. The Bertz CT molecular complexity index is 394. The summed E-state index contributed by atoms with van der Waals surface area (Å²) in [5.41, 5.74) is 7.23. The minimum Gasteiger partial charge on any atom is -0.410 e. The van der Waals surface area contributed by atoms with E-state index in [2.05, 4.69) is 10.3 Å². The van der Waals surface area contributed by atoms with Crippen molar-refractivity contribution >= 4 is 16.7 Å². The zero-order valence-corrected chi connectivity index (χ0v) is 5.60. The molecule has 2 rings (SSSR count). The number of nitrogens with zero attached hydrogens (tertiary/aromatic N) is 3. The largest absolute Gasteiger partial charge is 0.410 e. The minimum absolute atomic E-state index is 0.555. The van der Waals surface area contributed by atoms with Gasteiger partial charge in [-0.25, -0.2) is 0 Å². The Morgan fingerprint density at radius 1 is 1.45 bits per heavy atom. The molecule has 56 valence electrons. The van der Waals surface area contributed by atoms with Crippen LogP contribution in [0.2, 0.25) is 0 Å². The van der Waals surface area contributed by atoms with Crippen LogP contribution in [0.3, 0.4) is 0 Å². The van der Waals surface area contributed by atoms with Gasteiger partial charge in [-0.1, -0.05) is 4.85 Å². The third-order valence-electron chi connectivity index (χ3n) is 1.45. The molecular weight excluding hydrogens is 144 g/mol. The topological polar surface area (TPSA) is 77.0 Å².